The summed E-state index contributed by atoms with van der Waals surface area (Å²) in [6.07, 6.45) is 2.35. The van der Waals surface area contributed by atoms with E-state index in [4.69, 9.17) is 17.0 Å². The number of H-pyrrole nitrogens is 1. The van der Waals surface area contributed by atoms with Crippen LogP contribution in [0.15, 0.2) is 53.3 Å². The van der Waals surface area contributed by atoms with Gasteiger partial charge in [-0.15, -0.1) is 0 Å². The maximum Gasteiger partial charge on any atom is 0.253 e. The molecule has 31 heavy (non-hydrogen) atoms. The lowest BCUT2D eigenvalue weighted by atomic mass is 10.1. The van der Waals surface area contributed by atoms with E-state index < -0.39 is 0 Å². The van der Waals surface area contributed by atoms with Crippen LogP contribution in [0.1, 0.15) is 35.1 Å². The molecule has 1 fully saturated rings. The fourth-order valence-electron chi connectivity index (χ4n) is 4.18. The normalized spacial score (nSPS) is 15.9. The molecule has 4 rings (SSSR count). The highest BCUT2D eigenvalue weighted by Gasteiger charge is 2.18. The molecule has 3 aromatic rings. The summed E-state index contributed by atoms with van der Waals surface area (Å²) in [5.74, 6) is 0. The molecular weight excluding hydrogens is 406 g/mol. The van der Waals surface area contributed by atoms with E-state index in [0.29, 0.717) is 30.3 Å². The van der Waals surface area contributed by atoms with E-state index in [9.17, 15) is 4.79 Å². The zero-order valence-electron chi connectivity index (χ0n) is 18.1. The number of pyridine rings is 1. The van der Waals surface area contributed by atoms with Crippen molar-refractivity contribution in [3.8, 4) is 0 Å². The minimum atomic E-state index is -0.0700. The number of rotatable bonds is 6. The summed E-state index contributed by atoms with van der Waals surface area (Å²) in [6.45, 7) is 6.67. The number of aryl methyl sites for hydroxylation is 2. The number of nitrogens with one attached hydrogen (secondary N) is 2. The predicted octanol–water partition coefficient (Wildman–Crippen LogP) is 4.20. The third-order valence-corrected chi connectivity index (χ3v) is 6.14. The van der Waals surface area contributed by atoms with E-state index in [1.807, 2.05) is 31.2 Å². The van der Waals surface area contributed by atoms with Gasteiger partial charge in [0.25, 0.3) is 5.56 Å². The molecule has 0 saturated carbocycles. The van der Waals surface area contributed by atoms with Crippen molar-refractivity contribution in [2.24, 2.45) is 0 Å². The molecule has 0 unspecified atom stereocenters. The lowest BCUT2D eigenvalue weighted by Crippen LogP contribution is -2.42. The molecule has 0 bridgehead atoms. The minimum Gasteiger partial charge on any atom is -0.376 e. The van der Waals surface area contributed by atoms with Crippen LogP contribution >= 0.6 is 12.2 Å². The summed E-state index contributed by atoms with van der Waals surface area (Å²) in [5, 5.41) is 5.04. The molecule has 0 aliphatic carbocycles. The molecule has 5 nitrogen and oxygen atoms in total. The van der Waals surface area contributed by atoms with Gasteiger partial charge < -0.3 is 19.9 Å². The number of benzene rings is 2. The van der Waals surface area contributed by atoms with Gasteiger partial charge in [0, 0.05) is 25.3 Å². The van der Waals surface area contributed by atoms with Crippen molar-refractivity contribution in [3.05, 3.63) is 81.1 Å². The average Bonchev–Trinajstić information content (AvgIpc) is 3.27. The zero-order chi connectivity index (χ0) is 21.8. The van der Waals surface area contributed by atoms with Gasteiger partial charge in [0.05, 0.1) is 18.2 Å². The highest BCUT2D eigenvalue weighted by Crippen LogP contribution is 2.19. The van der Waals surface area contributed by atoms with Crippen molar-refractivity contribution in [2.75, 3.05) is 13.2 Å². The number of thiocarbonyl (C=S) groups is 1. The van der Waals surface area contributed by atoms with Crippen LogP contribution in [0.2, 0.25) is 0 Å². The summed E-state index contributed by atoms with van der Waals surface area (Å²) >= 11 is 5.74. The first kappa shape index (κ1) is 21.5. The van der Waals surface area contributed by atoms with E-state index in [0.717, 1.165) is 41.5 Å². The van der Waals surface area contributed by atoms with Gasteiger partial charge in [-0.2, -0.15) is 0 Å². The molecule has 1 aliphatic rings. The van der Waals surface area contributed by atoms with E-state index in [1.54, 1.807) is 0 Å². The van der Waals surface area contributed by atoms with Crippen molar-refractivity contribution in [1.29, 1.82) is 0 Å². The average molecular weight is 436 g/mol. The van der Waals surface area contributed by atoms with Gasteiger partial charge in [0.15, 0.2) is 5.11 Å². The number of aromatic nitrogens is 1. The Labute approximate surface area is 188 Å². The molecule has 0 amide bonds. The molecule has 0 radical (unpaired) electrons. The molecule has 2 heterocycles. The van der Waals surface area contributed by atoms with Crippen molar-refractivity contribution >= 4 is 28.2 Å². The quantitative estimate of drug-likeness (QED) is 0.569. The van der Waals surface area contributed by atoms with Crippen LogP contribution in [0.25, 0.3) is 10.9 Å². The molecule has 2 N–H and O–H groups in total. The highest BCUT2D eigenvalue weighted by molar-refractivity contribution is 7.80. The van der Waals surface area contributed by atoms with E-state index in [1.165, 1.54) is 5.56 Å². The van der Waals surface area contributed by atoms with Crippen molar-refractivity contribution in [2.45, 2.75) is 45.9 Å². The zero-order valence-corrected chi connectivity index (χ0v) is 18.9. The number of fused-ring (bicyclic) bond motifs is 1. The number of hydrogen-bond acceptors (Lipinski definition) is 3. The van der Waals surface area contributed by atoms with Crippen molar-refractivity contribution < 1.29 is 4.74 Å². The van der Waals surface area contributed by atoms with Crippen LogP contribution in [0.3, 0.4) is 0 Å². The van der Waals surface area contributed by atoms with E-state index in [2.05, 4.69) is 46.4 Å². The Hall–Kier alpha value is -2.70. The topological polar surface area (TPSA) is 57.4 Å². The molecule has 1 aliphatic heterocycles. The van der Waals surface area contributed by atoms with Crippen LogP contribution in [-0.4, -0.2) is 34.3 Å². The molecule has 162 valence electrons. The predicted molar refractivity (Wildman–Crippen MR) is 129 cm³/mol. The van der Waals surface area contributed by atoms with Gasteiger partial charge in [0.2, 0.25) is 0 Å². The second kappa shape index (κ2) is 9.62. The largest absolute Gasteiger partial charge is 0.376 e. The third-order valence-electron chi connectivity index (χ3n) is 5.74. The second-order valence-corrected chi connectivity index (χ2v) is 8.72. The van der Waals surface area contributed by atoms with Gasteiger partial charge in [-0.25, -0.2) is 0 Å². The van der Waals surface area contributed by atoms with Crippen molar-refractivity contribution in [1.82, 2.24) is 15.2 Å². The number of nitrogens with zero attached hydrogens (tertiary/aromatic N) is 1. The van der Waals surface area contributed by atoms with Crippen LogP contribution in [0, 0.1) is 13.8 Å². The number of hydrogen-bond donors (Lipinski definition) is 2. The Kier molecular flexibility index (Phi) is 6.68. The van der Waals surface area contributed by atoms with Gasteiger partial charge in [-0.1, -0.05) is 42.0 Å². The monoisotopic (exact) mass is 435 g/mol. The maximum absolute atomic E-state index is 12.9. The van der Waals surface area contributed by atoms with Gasteiger partial charge in [0.1, 0.15) is 0 Å². The Morgan fingerprint density at radius 1 is 1.19 bits per heavy atom. The van der Waals surface area contributed by atoms with Crippen LogP contribution < -0.4 is 10.9 Å². The maximum atomic E-state index is 12.9. The minimum absolute atomic E-state index is 0.0700. The summed E-state index contributed by atoms with van der Waals surface area (Å²) < 4.78 is 5.71. The van der Waals surface area contributed by atoms with E-state index in [-0.39, 0.29) is 11.7 Å². The summed E-state index contributed by atoms with van der Waals surface area (Å²) in [4.78, 5) is 18.0. The molecular formula is C25H29N3O2S. The lowest BCUT2D eigenvalue weighted by molar-refractivity contribution is 0.113. The van der Waals surface area contributed by atoms with Gasteiger partial charge in [-0.3, -0.25) is 4.79 Å². The Morgan fingerprint density at radius 3 is 2.74 bits per heavy atom. The Balaban J connectivity index is 1.59. The number of ether oxygens (including phenoxy) is 1. The number of aromatic amines is 1. The highest BCUT2D eigenvalue weighted by atomic mass is 32.1. The summed E-state index contributed by atoms with van der Waals surface area (Å²) in [5.41, 5.74) is 4.93. The fraction of sp³-hybridized carbons (Fsp3) is 0.360. The Morgan fingerprint density at radius 2 is 2.00 bits per heavy atom. The molecule has 1 saturated heterocycles. The van der Waals surface area contributed by atoms with Crippen LogP contribution in [-0.2, 0) is 17.8 Å². The standard InChI is InChI=1S/C25H29N3O2S/c1-17-11-18(2)23-20(12-17)13-21(24(29)27-23)16-28(15-19-7-4-3-5-8-19)25(31)26-14-22-9-6-10-30-22/h3-5,7-8,11-13,22H,6,9-10,14-16H2,1-2H3,(H,26,31)(H,27,29)/t22-/m0/s1. The molecule has 1 atom stereocenters. The Bertz CT molecular complexity index is 1120. The molecule has 1 aromatic heterocycles. The van der Waals surface area contributed by atoms with E-state index >= 15 is 0 Å². The SMILES string of the molecule is Cc1cc(C)c2[nH]c(=O)c(CN(Cc3ccccc3)C(=S)NC[C@@H]3CCCO3)cc2c1. The third kappa shape index (κ3) is 5.32. The summed E-state index contributed by atoms with van der Waals surface area (Å²) in [6, 6.07) is 16.4. The first-order valence-corrected chi connectivity index (χ1v) is 11.2. The van der Waals surface area contributed by atoms with Crippen LogP contribution in [0.5, 0.6) is 0 Å². The smallest absolute Gasteiger partial charge is 0.253 e. The van der Waals surface area contributed by atoms with Crippen molar-refractivity contribution in [3.63, 3.8) is 0 Å². The fourth-order valence-corrected chi connectivity index (χ4v) is 4.39. The molecule has 2 aromatic carbocycles. The van der Waals surface area contributed by atoms with Crippen LogP contribution in [0.4, 0.5) is 0 Å². The molecule has 0 spiro atoms. The molecule has 6 heteroatoms. The second-order valence-electron chi connectivity index (χ2n) is 8.33. The first-order valence-electron chi connectivity index (χ1n) is 10.8. The van der Waals surface area contributed by atoms with Gasteiger partial charge >= 0.3 is 0 Å². The first-order chi connectivity index (χ1) is 15.0. The lowest BCUT2D eigenvalue weighted by Gasteiger charge is -2.27. The van der Waals surface area contributed by atoms with Gasteiger partial charge in [-0.05, 0) is 67.6 Å². The summed E-state index contributed by atoms with van der Waals surface area (Å²) in [7, 11) is 0.